The van der Waals surface area contributed by atoms with Crippen molar-refractivity contribution in [3.05, 3.63) is 70.3 Å². The third-order valence-corrected chi connectivity index (χ3v) is 6.66. The van der Waals surface area contributed by atoms with Crippen LogP contribution < -0.4 is 10.3 Å². The molecule has 1 fully saturated rings. The first-order valence-electron chi connectivity index (χ1n) is 11.4. The summed E-state index contributed by atoms with van der Waals surface area (Å²) in [5.41, 5.74) is 2.56. The third-order valence-electron chi connectivity index (χ3n) is 6.66. The predicted molar refractivity (Wildman–Crippen MR) is 129 cm³/mol. The molecule has 0 atom stereocenters. The topological polar surface area (TPSA) is 80.2 Å². The van der Waals surface area contributed by atoms with Gasteiger partial charge >= 0.3 is 0 Å². The number of aromatic amines is 1. The van der Waals surface area contributed by atoms with Gasteiger partial charge in [-0.15, -0.1) is 0 Å². The maximum absolute atomic E-state index is 13.5. The number of rotatable bonds is 4. The van der Waals surface area contributed by atoms with Gasteiger partial charge in [0.15, 0.2) is 5.69 Å². The number of fused-ring (bicyclic) bond motifs is 2. The van der Waals surface area contributed by atoms with Crippen LogP contribution in [-0.2, 0) is 0 Å². The minimum Gasteiger partial charge on any atom is -0.497 e. The Labute approximate surface area is 192 Å². The highest BCUT2D eigenvalue weighted by molar-refractivity contribution is 6.04. The number of carbonyl (C=O) groups is 1. The number of carbonyl (C=O) groups excluding carboxylic acids is 1. The lowest BCUT2D eigenvalue weighted by molar-refractivity contribution is 0.0706. The summed E-state index contributed by atoms with van der Waals surface area (Å²) in [5.74, 6) is 1.10. The van der Waals surface area contributed by atoms with Gasteiger partial charge in [0.2, 0.25) is 0 Å². The number of methoxy groups -OCH3 is 1. The second kappa shape index (κ2) is 8.39. The van der Waals surface area contributed by atoms with Gasteiger partial charge in [-0.3, -0.25) is 9.59 Å². The molecule has 4 aromatic rings. The van der Waals surface area contributed by atoms with Crippen LogP contribution in [0.15, 0.2) is 53.5 Å². The molecule has 7 nitrogen and oxygen atoms in total. The van der Waals surface area contributed by atoms with Gasteiger partial charge in [-0.1, -0.05) is 18.2 Å². The lowest BCUT2D eigenvalue weighted by atomic mass is 9.89. The fraction of sp³-hybridized carbons (Fsp3) is 0.346. The van der Waals surface area contributed by atoms with Gasteiger partial charge in [-0.25, -0.2) is 4.68 Å². The van der Waals surface area contributed by atoms with Crippen molar-refractivity contribution in [2.75, 3.05) is 20.2 Å². The van der Waals surface area contributed by atoms with Gasteiger partial charge in [-0.2, -0.15) is 5.10 Å². The van der Waals surface area contributed by atoms with E-state index >= 15 is 0 Å². The average molecular weight is 445 g/mol. The molecule has 0 radical (unpaired) electrons. The Kier molecular flexibility index (Phi) is 5.40. The van der Waals surface area contributed by atoms with Gasteiger partial charge < -0.3 is 14.6 Å². The number of piperidine rings is 1. The lowest BCUT2D eigenvalue weighted by Gasteiger charge is -2.32. The van der Waals surface area contributed by atoms with E-state index in [1.54, 1.807) is 13.2 Å². The summed E-state index contributed by atoms with van der Waals surface area (Å²) in [6, 6.07) is 13.2. The Morgan fingerprint density at radius 1 is 1.09 bits per heavy atom. The van der Waals surface area contributed by atoms with E-state index in [4.69, 9.17) is 4.74 Å². The molecule has 5 rings (SSSR count). The van der Waals surface area contributed by atoms with Crippen molar-refractivity contribution in [1.29, 1.82) is 0 Å². The first kappa shape index (κ1) is 21.2. The molecule has 7 heteroatoms. The van der Waals surface area contributed by atoms with Crippen molar-refractivity contribution in [3.63, 3.8) is 0 Å². The number of hydrogen-bond donors (Lipinski definition) is 1. The van der Waals surface area contributed by atoms with Crippen molar-refractivity contribution in [2.24, 2.45) is 0 Å². The number of nitrogens with one attached hydrogen (secondary N) is 1. The number of nitrogens with zero attached hydrogens (tertiary/aromatic N) is 3. The maximum atomic E-state index is 13.5. The number of benzene rings is 2. The van der Waals surface area contributed by atoms with Crippen LogP contribution in [0, 0.1) is 0 Å². The van der Waals surface area contributed by atoms with Crippen LogP contribution in [0.2, 0.25) is 0 Å². The first-order valence-corrected chi connectivity index (χ1v) is 11.4. The summed E-state index contributed by atoms with van der Waals surface area (Å²) in [4.78, 5) is 31.6. The molecule has 3 heterocycles. The Balaban J connectivity index is 1.41. The van der Waals surface area contributed by atoms with Crippen molar-refractivity contribution < 1.29 is 9.53 Å². The van der Waals surface area contributed by atoms with Crippen LogP contribution in [0.25, 0.3) is 21.7 Å². The number of amides is 1. The Hall–Kier alpha value is -3.61. The average Bonchev–Trinajstić information content (AvgIpc) is 3.27. The normalized spacial score (nSPS) is 15.0. The van der Waals surface area contributed by atoms with Crippen LogP contribution in [0.4, 0.5) is 0 Å². The molecule has 0 unspecified atom stereocenters. The zero-order valence-electron chi connectivity index (χ0n) is 19.2. The van der Waals surface area contributed by atoms with Crippen molar-refractivity contribution in [2.45, 2.75) is 38.6 Å². The van der Waals surface area contributed by atoms with E-state index in [1.165, 1.54) is 15.6 Å². The second-order valence-corrected chi connectivity index (χ2v) is 8.96. The minimum atomic E-state index is -0.161. The summed E-state index contributed by atoms with van der Waals surface area (Å²) < 4.78 is 6.82. The fourth-order valence-electron chi connectivity index (χ4n) is 4.84. The zero-order valence-corrected chi connectivity index (χ0v) is 19.2. The van der Waals surface area contributed by atoms with E-state index in [1.807, 2.05) is 49.1 Å². The Morgan fingerprint density at radius 3 is 2.52 bits per heavy atom. The Morgan fingerprint density at radius 2 is 1.82 bits per heavy atom. The van der Waals surface area contributed by atoms with Crippen LogP contribution in [0.3, 0.4) is 0 Å². The monoisotopic (exact) mass is 444 g/mol. The molecular weight excluding hydrogens is 416 g/mol. The third kappa shape index (κ3) is 3.67. The highest BCUT2D eigenvalue weighted by Gasteiger charge is 2.28. The highest BCUT2D eigenvalue weighted by atomic mass is 16.5. The van der Waals surface area contributed by atoms with Crippen molar-refractivity contribution in [3.8, 4) is 5.75 Å². The summed E-state index contributed by atoms with van der Waals surface area (Å²) in [5, 5.41) is 6.83. The summed E-state index contributed by atoms with van der Waals surface area (Å²) in [6.45, 7) is 5.10. The van der Waals surface area contributed by atoms with Gasteiger partial charge in [-0.05, 0) is 62.4 Å². The lowest BCUT2D eigenvalue weighted by Crippen LogP contribution is -2.39. The Bertz CT molecular complexity index is 1390. The number of H-pyrrole nitrogens is 1. The SMILES string of the molecule is COc1ccc2[nH]cc(C3CCN(C(=O)c4nn(C(C)C)c(=O)c5ccccc45)CC3)c2c1. The standard InChI is InChI=1S/C26H28N4O3/c1-16(2)30-25(31)20-7-5-4-6-19(20)24(28-30)26(32)29-12-10-17(11-13-29)22-15-27-23-9-8-18(33-3)14-21(22)23/h4-9,14-17,27H,10-13H2,1-3H3. The maximum Gasteiger partial charge on any atom is 0.274 e. The van der Waals surface area contributed by atoms with Crippen LogP contribution in [-0.4, -0.2) is 45.8 Å². The smallest absolute Gasteiger partial charge is 0.274 e. The highest BCUT2D eigenvalue weighted by Crippen LogP contribution is 2.35. The van der Waals surface area contributed by atoms with E-state index in [0.717, 1.165) is 24.1 Å². The summed E-state index contributed by atoms with van der Waals surface area (Å²) in [6.07, 6.45) is 3.83. The molecule has 0 spiro atoms. The molecule has 1 amide bonds. The molecule has 0 bridgehead atoms. The molecule has 0 aliphatic carbocycles. The first-order chi connectivity index (χ1) is 16.0. The van der Waals surface area contributed by atoms with E-state index < -0.39 is 0 Å². The van der Waals surface area contributed by atoms with E-state index in [9.17, 15) is 9.59 Å². The number of likely N-dealkylation sites (tertiary alicyclic amines) is 1. The molecule has 2 aromatic heterocycles. The molecule has 1 N–H and O–H groups in total. The van der Waals surface area contributed by atoms with Crippen molar-refractivity contribution >= 4 is 27.6 Å². The fourth-order valence-corrected chi connectivity index (χ4v) is 4.84. The van der Waals surface area contributed by atoms with E-state index in [2.05, 4.69) is 22.3 Å². The van der Waals surface area contributed by atoms with Gasteiger partial charge in [0.1, 0.15) is 5.75 Å². The number of ether oxygens (including phenoxy) is 1. The number of aromatic nitrogens is 3. The molecule has 0 saturated carbocycles. The quantitative estimate of drug-likeness (QED) is 0.503. The van der Waals surface area contributed by atoms with Crippen LogP contribution in [0.1, 0.15) is 54.7 Å². The molecule has 2 aromatic carbocycles. The molecule has 170 valence electrons. The second-order valence-electron chi connectivity index (χ2n) is 8.96. The minimum absolute atomic E-state index is 0.111. The molecular formula is C26H28N4O3. The van der Waals surface area contributed by atoms with E-state index in [-0.39, 0.29) is 17.5 Å². The molecule has 33 heavy (non-hydrogen) atoms. The summed E-state index contributed by atoms with van der Waals surface area (Å²) >= 11 is 0. The largest absolute Gasteiger partial charge is 0.497 e. The van der Waals surface area contributed by atoms with Gasteiger partial charge in [0.25, 0.3) is 11.5 Å². The van der Waals surface area contributed by atoms with Crippen molar-refractivity contribution in [1.82, 2.24) is 19.7 Å². The van der Waals surface area contributed by atoms with E-state index in [0.29, 0.717) is 35.5 Å². The molecule has 1 aliphatic rings. The van der Waals surface area contributed by atoms with Gasteiger partial charge in [0.05, 0.1) is 18.5 Å². The van der Waals surface area contributed by atoms with Crippen LogP contribution in [0.5, 0.6) is 5.75 Å². The summed E-state index contributed by atoms with van der Waals surface area (Å²) in [7, 11) is 1.68. The zero-order chi connectivity index (χ0) is 23.1. The molecule has 1 aliphatic heterocycles. The van der Waals surface area contributed by atoms with Gasteiger partial charge in [0, 0.05) is 35.6 Å². The number of hydrogen-bond acceptors (Lipinski definition) is 4. The van der Waals surface area contributed by atoms with Crippen LogP contribution >= 0.6 is 0 Å². The predicted octanol–water partition coefficient (Wildman–Crippen LogP) is 4.49. The molecule has 1 saturated heterocycles.